The molecule has 27 heavy (non-hydrogen) atoms. The molecule has 1 aromatic heterocycles. The van der Waals surface area contributed by atoms with Gasteiger partial charge in [-0.15, -0.1) is 0 Å². The summed E-state index contributed by atoms with van der Waals surface area (Å²) in [6.45, 7) is 0. The summed E-state index contributed by atoms with van der Waals surface area (Å²) < 4.78 is 10.5. The van der Waals surface area contributed by atoms with Gasteiger partial charge in [-0.3, -0.25) is 4.79 Å². The van der Waals surface area contributed by atoms with Crippen LogP contribution in [-0.2, 0) is 0 Å². The van der Waals surface area contributed by atoms with Gasteiger partial charge in [0.2, 0.25) is 0 Å². The van der Waals surface area contributed by atoms with Crippen molar-refractivity contribution in [2.24, 2.45) is 0 Å². The Hall–Kier alpha value is -3.25. The fraction of sp³-hybridized carbons (Fsp3) is 0.100. The van der Waals surface area contributed by atoms with Crippen molar-refractivity contribution in [1.82, 2.24) is 4.98 Å². The summed E-state index contributed by atoms with van der Waals surface area (Å²) in [5.74, 6) is 1.56. The highest BCUT2D eigenvalue weighted by Crippen LogP contribution is 2.30. The minimum Gasteiger partial charge on any atom is -0.493 e. The van der Waals surface area contributed by atoms with E-state index in [1.54, 1.807) is 62.8 Å². The van der Waals surface area contributed by atoms with Crippen LogP contribution in [0, 0.1) is 0 Å². The van der Waals surface area contributed by atoms with Gasteiger partial charge in [-0.05, 0) is 36.4 Å². The predicted molar refractivity (Wildman–Crippen MR) is 106 cm³/mol. The maximum absolute atomic E-state index is 12.3. The normalized spacial score (nSPS) is 10.2. The average Bonchev–Trinajstić information content (AvgIpc) is 2.70. The lowest BCUT2D eigenvalue weighted by Crippen LogP contribution is -2.12. The Morgan fingerprint density at radius 3 is 2.44 bits per heavy atom. The molecule has 0 spiro atoms. The van der Waals surface area contributed by atoms with E-state index in [-0.39, 0.29) is 5.91 Å². The van der Waals surface area contributed by atoms with Crippen LogP contribution in [0.5, 0.6) is 11.5 Å². The molecule has 0 radical (unpaired) electrons. The largest absolute Gasteiger partial charge is 0.493 e. The van der Waals surface area contributed by atoms with Crippen molar-refractivity contribution in [2.75, 3.05) is 24.9 Å². The van der Waals surface area contributed by atoms with Crippen LogP contribution in [0.15, 0.2) is 60.8 Å². The molecule has 1 amide bonds. The van der Waals surface area contributed by atoms with Gasteiger partial charge in [-0.1, -0.05) is 23.7 Å². The van der Waals surface area contributed by atoms with Crippen LogP contribution < -0.4 is 20.1 Å². The van der Waals surface area contributed by atoms with Crippen LogP contribution in [0.25, 0.3) is 0 Å². The van der Waals surface area contributed by atoms with Crippen LogP contribution in [-0.4, -0.2) is 25.1 Å². The number of hydrogen-bond acceptors (Lipinski definition) is 5. The van der Waals surface area contributed by atoms with E-state index in [0.29, 0.717) is 33.6 Å². The van der Waals surface area contributed by atoms with E-state index in [4.69, 9.17) is 21.1 Å². The molecule has 2 aromatic carbocycles. The number of ether oxygens (including phenoxy) is 2. The molecule has 0 unspecified atom stereocenters. The first-order valence-corrected chi connectivity index (χ1v) is 8.49. The van der Waals surface area contributed by atoms with Crippen LogP contribution in [0.3, 0.4) is 0 Å². The van der Waals surface area contributed by atoms with E-state index in [1.165, 1.54) is 6.20 Å². The molecule has 138 valence electrons. The zero-order valence-corrected chi connectivity index (χ0v) is 15.6. The van der Waals surface area contributed by atoms with Gasteiger partial charge in [0.1, 0.15) is 5.82 Å². The SMILES string of the molecule is COc1ccc(Nc2ccc(C(=O)Nc3ccccc3Cl)cn2)cc1OC. The summed E-state index contributed by atoms with van der Waals surface area (Å²) in [5, 5.41) is 6.39. The van der Waals surface area contributed by atoms with Crippen molar-refractivity contribution in [3.05, 3.63) is 71.4 Å². The predicted octanol–water partition coefficient (Wildman–Crippen LogP) is 4.75. The molecular formula is C20H18ClN3O3. The first kappa shape index (κ1) is 18.5. The van der Waals surface area contributed by atoms with Crippen molar-refractivity contribution >= 4 is 34.7 Å². The van der Waals surface area contributed by atoms with Gasteiger partial charge < -0.3 is 20.1 Å². The molecule has 3 rings (SSSR count). The number of aromatic nitrogens is 1. The lowest BCUT2D eigenvalue weighted by atomic mass is 10.2. The molecule has 0 fully saturated rings. The van der Waals surface area contributed by atoms with E-state index >= 15 is 0 Å². The minimum atomic E-state index is -0.284. The molecule has 2 N–H and O–H groups in total. The van der Waals surface area contributed by atoms with E-state index in [0.717, 1.165) is 5.69 Å². The number of nitrogens with one attached hydrogen (secondary N) is 2. The second kappa shape index (κ2) is 8.42. The molecule has 0 bridgehead atoms. The summed E-state index contributed by atoms with van der Waals surface area (Å²) in [4.78, 5) is 16.6. The molecule has 0 saturated carbocycles. The first-order valence-electron chi connectivity index (χ1n) is 8.11. The number of pyridine rings is 1. The number of methoxy groups -OCH3 is 2. The van der Waals surface area contributed by atoms with E-state index < -0.39 is 0 Å². The average molecular weight is 384 g/mol. The van der Waals surface area contributed by atoms with Gasteiger partial charge in [-0.25, -0.2) is 4.98 Å². The highest BCUT2D eigenvalue weighted by atomic mass is 35.5. The van der Waals surface area contributed by atoms with Crippen LogP contribution in [0.1, 0.15) is 10.4 Å². The standard InChI is InChI=1S/C20H18ClN3O3/c1-26-17-9-8-14(11-18(17)27-2)23-19-10-7-13(12-22-19)20(25)24-16-6-4-3-5-15(16)21/h3-12H,1-2H3,(H,22,23)(H,24,25). The summed E-state index contributed by atoms with van der Waals surface area (Å²) in [6, 6.07) is 15.9. The Bertz CT molecular complexity index is 945. The molecule has 0 atom stereocenters. The van der Waals surface area contributed by atoms with Gasteiger partial charge in [0.15, 0.2) is 11.5 Å². The zero-order valence-electron chi connectivity index (χ0n) is 14.8. The first-order chi connectivity index (χ1) is 13.1. The quantitative estimate of drug-likeness (QED) is 0.642. The number of rotatable bonds is 6. The smallest absolute Gasteiger partial charge is 0.257 e. The van der Waals surface area contributed by atoms with E-state index in [1.807, 2.05) is 6.07 Å². The van der Waals surface area contributed by atoms with Crippen LogP contribution >= 0.6 is 11.6 Å². The van der Waals surface area contributed by atoms with Crippen LogP contribution in [0.4, 0.5) is 17.2 Å². The number of hydrogen-bond donors (Lipinski definition) is 2. The number of carbonyl (C=O) groups excluding carboxylic acids is 1. The Labute approximate surface area is 162 Å². The number of anilines is 3. The number of nitrogens with zero attached hydrogens (tertiary/aromatic N) is 1. The maximum Gasteiger partial charge on any atom is 0.257 e. The van der Waals surface area contributed by atoms with Crippen molar-refractivity contribution in [1.29, 1.82) is 0 Å². The third kappa shape index (κ3) is 4.48. The Morgan fingerprint density at radius 2 is 1.78 bits per heavy atom. The number of amides is 1. The number of para-hydroxylation sites is 1. The third-order valence-corrected chi connectivity index (χ3v) is 4.13. The van der Waals surface area contributed by atoms with Gasteiger partial charge in [0, 0.05) is 18.0 Å². The van der Waals surface area contributed by atoms with Gasteiger partial charge in [0.25, 0.3) is 5.91 Å². The third-order valence-electron chi connectivity index (χ3n) is 3.80. The molecule has 0 aliphatic carbocycles. The molecule has 6 nitrogen and oxygen atoms in total. The molecule has 3 aromatic rings. The summed E-state index contributed by atoms with van der Waals surface area (Å²) in [6.07, 6.45) is 1.50. The summed E-state index contributed by atoms with van der Waals surface area (Å²) >= 11 is 6.06. The van der Waals surface area contributed by atoms with E-state index in [2.05, 4.69) is 15.6 Å². The molecular weight excluding hydrogens is 366 g/mol. The van der Waals surface area contributed by atoms with Crippen molar-refractivity contribution in [3.8, 4) is 11.5 Å². The van der Waals surface area contributed by atoms with Gasteiger partial charge >= 0.3 is 0 Å². The van der Waals surface area contributed by atoms with E-state index in [9.17, 15) is 4.79 Å². The fourth-order valence-electron chi connectivity index (χ4n) is 2.42. The lowest BCUT2D eigenvalue weighted by Gasteiger charge is -2.11. The van der Waals surface area contributed by atoms with Crippen LogP contribution in [0.2, 0.25) is 5.02 Å². The van der Waals surface area contributed by atoms with Crippen molar-refractivity contribution < 1.29 is 14.3 Å². The highest BCUT2D eigenvalue weighted by Gasteiger charge is 2.09. The maximum atomic E-state index is 12.3. The lowest BCUT2D eigenvalue weighted by molar-refractivity contribution is 0.102. The van der Waals surface area contributed by atoms with Gasteiger partial charge in [0.05, 0.1) is 30.5 Å². The summed E-state index contributed by atoms with van der Waals surface area (Å²) in [5.41, 5.74) is 1.76. The molecule has 0 aliphatic rings. The highest BCUT2D eigenvalue weighted by molar-refractivity contribution is 6.33. The number of carbonyl (C=O) groups is 1. The molecule has 1 heterocycles. The number of halogens is 1. The Kier molecular flexibility index (Phi) is 5.78. The second-order valence-electron chi connectivity index (χ2n) is 5.56. The Morgan fingerprint density at radius 1 is 1.00 bits per heavy atom. The second-order valence-corrected chi connectivity index (χ2v) is 5.97. The number of benzene rings is 2. The van der Waals surface area contributed by atoms with Gasteiger partial charge in [-0.2, -0.15) is 0 Å². The molecule has 7 heteroatoms. The Balaban J connectivity index is 1.70. The monoisotopic (exact) mass is 383 g/mol. The fourth-order valence-corrected chi connectivity index (χ4v) is 2.60. The summed E-state index contributed by atoms with van der Waals surface area (Å²) in [7, 11) is 3.16. The molecule has 0 aliphatic heterocycles. The van der Waals surface area contributed by atoms with Crippen molar-refractivity contribution in [3.63, 3.8) is 0 Å². The zero-order chi connectivity index (χ0) is 19.2. The minimum absolute atomic E-state index is 0.284. The topological polar surface area (TPSA) is 72.5 Å². The van der Waals surface area contributed by atoms with Crippen molar-refractivity contribution in [2.45, 2.75) is 0 Å². The molecule has 0 saturated heterocycles.